The lowest BCUT2D eigenvalue weighted by Gasteiger charge is -2.07. The first kappa shape index (κ1) is 15.3. The fourth-order valence-corrected chi connectivity index (χ4v) is 2.37. The highest BCUT2D eigenvalue weighted by atomic mass is 79.9. The van der Waals surface area contributed by atoms with Gasteiger partial charge in [-0.2, -0.15) is 0 Å². The van der Waals surface area contributed by atoms with Crippen LogP contribution in [-0.4, -0.2) is 21.1 Å². The van der Waals surface area contributed by atoms with Gasteiger partial charge in [0.1, 0.15) is 5.82 Å². The quantitative estimate of drug-likeness (QED) is 0.788. The summed E-state index contributed by atoms with van der Waals surface area (Å²) in [7, 11) is 0. The van der Waals surface area contributed by atoms with Crippen LogP contribution < -0.4 is 5.32 Å². The lowest BCUT2D eigenvalue weighted by Crippen LogP contribution is -2.14. The van der Waals surface area contributed by atoms with Gasteiger partial charge in [0, 0.05) is 10.9 Å². The Hall–Kier alpha value is -1.11. The molecule has 0 saturated heterocycles. The molecule has 0 aliphatic heterocycles. The lowest BCUT2D eigenvalue weighted by molar-refractivity contribution is 0.101. The molecule has 0 aliphatic rings. The van der Waals surface area contributed by atoms with E-state index >= 15 is 0 Å². The van der Waals surface area contributed by atoms with Crippen molar-refractivity contribution in [2.75, 3.05) is 5.32 Å². The van der Waals surface area contributed by atoms with E-state index in [-0.39, 0.29) is 10.8 Å². The minimum absolute atomic E-state index is 0.0727. The first-order chi connectivity index (χ1) is 9.52. The maximum atomic E-state index is 12.0. The molecule has 2 rings (SSSR count). The minimum Gasteiger partial charge on any atom is -0.318 e. The second kappa shape index (κ2) is 6.56. The third kappa shape index (κ3) is 3.31. The van der Waals surface area contributed by atoms with E-state index in [4.69, 9.17) is 23.2 Å². The van der Waals surface area contributed by atoms with Gasteiger partial charge in [-0.25, -0.2) is 4.98 Å². The number of aromatic amines is 1. The Balaban J connectivity index is 2.17. The van der Waals surface area contributed by atoms with Crippen molar-refractivity contribution in [3.63, 3.8) is 0 Å². The van der Waals surface area contributed by atoms with Crippen molar-refractivity contribution in [2.24, 2.45) is 0 Å². The number of aromatic nitrogens is 3. The van der Waals surface area contributed by atoms with Crippen LogP contribution >= 0.6 is 39.1 Å². The lowest BCUT2D eigenvalue weighted by atomic mass is 10.3. The maximum absolute atomic E-state index is 12.0. The number of H-pyrrole nitrogens is 1. The Bertz CT molecular complexity index is 644. The molecule has 106 valence electrons. The van der Waals surface area contributed by atoms with E-state index in [1.54, 1.807) is 12.1 Å². The molecule has 5 nitrogen and oxygen atoms in total. The van der Waals surface area contributed by atoms with Crippen LogP contribution in [0.5, 0.6) is 0 Å². The second-order valence-electron chi connectivity index (χ2n) is 4.03. The van der Waals surface area contributed by atoms with Crippen molar-refractivity contribution < 1.29 is 4.79 Å². The van der Waals surface area contributed by atoms with Crippen LogP contribution in [0.15, 0.2) is 16.6 Å². The predicted molar refractivity (Wildman–Crippen MR) is 82.5 cm³/mol. The number of hydrogen-bond acceptors (Lipinski definition) is 3. The highest BCUT2D eigenvalue weighted by molar-refractivity contribution is 9.10. The molecule has 0 bridgehead atoms. The van der Waals surface area contributed by atoms with Gasteiger partial charge in [0.05, 0.1) is 15.7 Å². The van der Waals surface area contributed by atoms with Crippen LogP contribution in [-0.2, 0) is 6.42 Å². The molecule has 1 aromatic carbocycles. The molecule has 20 heavy (non-hydrogen) atoms. The third-order valence-corrected chi connectivity index (χ3v) is 4.28. The topological polar surface area (TPSA) is 70.7 Å². The summed E-state index contributed by atoms with van der Waals surface area (Å²) in [5, 5.41) is 9.82. The number of carbonyl (C=O) groups excluding carboxylic acids is 1. The maximum Gasteiger partial charge on any atom is 0.295 e. The molecule has 0 aliphatic carbocycles. The summed E-state index contributed by atoms with van der Waals surface area (Å²) in [4.78, 5) is 16.1. The Morgan fingerprint density at radius 3 is 2.85 bits per heavy atom. The normalized spacial score (nSPS) is 10.6. The number of benzene rings is 1. The van der Waals surface area contributed by atoms with Crippen LogP contribution in [0.4, 0.5) is 5.69 Å². The summed E-state index contributed by atoms with van der Waals surface area (Å²) in [5.74, 6) is 0.310. The van der Waals surface area contributed by atoms with Crippen molar-refractivity contribution in [3.8, 4) is 0 Å². The van der Waals surface area contributed by atoms with E-state index in [0.717, 1.165) is 12.8 Å². The van der Waals surface area contributed by atoms with E-state index in [9.17, 15) is 4.79 Å². The molecule has 2 N–H and O–H groups in total. The van der Waals surface area contributed by atoms with Gasteiger partial charge in [-0.15, -0.1) is 5.10 Å². The fourth-order valence-electron chi connectivity index (χ4n) is 1.55. The third-order valence-electron chi connectivity index (χ3n) is 2.50. The number of hydrogen-bond donors (Lipinski definition) is 2. The van der Waals surface area contributed by atoms with Gasteiger partial charge in [-0.3, -0.25) is 9.89 Å². The highest BCUT2D eigenvalue weighted by Gasteiger charge is 2.15. The summed E-state index contributed by atoms with van der Waals surface area (Å²) in [6, 6.07) is 3.35. The summed E-state index contributed by atoms with van der Waals surface area (Å²) >= 11 is 15.3. The van der Waals surface area contributed by atoms with E-state index in [1.807, 2.05) is 6.92 Å². The molecule has 2 aromatic rings. The van der Waals surface area contributed by atoms with Crippen molar-refractivity contribution in [3.05, 3.63) is 38.3 Å². The zero-order valence-electron chi connectivity index (χ0n) is 10.5. The Kier molecular flexibility index (Phi) is 5.01. The summed E-state index contributed by atoms with van der Waals surface area (Å²) < 4.78 is 0.658. The van der Waals surface area contributed by atoms with Crippen LogP contribution in [0.1, 0.15) is 29.8 Å². The summed E-state index contributed by atoms with van der Waals surface area (Å²) in [6.45, 7) is 2.02. The second-order valence-corrected chi connectivity index (χ2v) is 5.64. The smallest absolute Gasteiger partial charge is 0.295 e. The molecular formula is C12H11BrCl2N4O. The number of carbonyl (C=O) groups is 1. The largest absolute Gasteiger partial charge is 0.318 e. The zero-order chi connectivity index (χ0) is 14.7. The Morgan fingerprint density at radius 2 is 2.15 bits per heavy atom. The van der Waals surface area contributed by atoms with Gasteiger partial charge in [0.15, 0.2) is 0 Å². The minimum atomic E-state index is -0.441. The molecule has 0 saturated carbocycles. The van der Waals surface area contributed by atoms with Crippen molar-refractivity contribution in [2.45, 2.75) is 19.8 Å². The van der Waals surface area contributed by atoms with Gasteiger partial charge >= 0.3 is 0 Å². The molecule has 0 spiro atoms. The van der Waals surface area contributed by atoms with Crippen molar-refractivity contribution in [1.29, 1.82) is 0 Å². The first-order valence-electron chi connectivity index (χ1n) is 5.89. The number of rotatable bonds is 4. The van der Waals surface area contributed by atoms with Gasteiger partial charge in [0.2, 0.25) is 5.82 Å². The molecule has 1 amide bonds. The molecule has 0 unspecified atom stereocenters. The number of halogens is 3. The van der Waals surface area contributed by atoms with E-state index in [2.05, 4.69) is 36.4 Å². The van der Waals surface area contributed by atoms with Gasteiger partial charge < -0.3 is 5.32 Å². The number of anilines is 1. The molecular weight excluding hydrogens is 367 g/mol. The molecule has 8 heteroatoms. The fraction of sp³-hybridized carbons (Fsp3) is 0.250. The Morgan fingerprint density at radius 1 is 1.40 bits per heavy atom. The van der Waals surface area contributed by atoms with Gasteiger partial charge in [-0.05, 0) is 34.5 Å². The molecule has 0 atom stereocenters. The standard InChI is InChI=1S/C12H11BrCl2N4O/c1-2-3-8-17-11(19-18-8)12(20)16-7-5-4-6(13)9(14)10(7)15/h4-5H,2-3H2,1H3,(H,16,20)(H,17,18,19). The molecule has 0 radical (unpaired) electrons. The SMILES string of the molecule is CCCc1nc(C(=O)Nc2ccc(Br)c(Cl)c2Cl)n[nH]1. The number of nitrogens with zero attached hydrogens (tertiary/aromatic N) is 2. The highest BCUT2D eigenvalue weighted by Crippen LogP contribution is 2.35. The van der Waals surface area contributed by atoms with Crippen LogP contribution in [0.25, 0.3) is 0 Å². The van der Waals surface area contributed by atoms with Gasteiger partial charge in [-0.1, -0.05) is 30.1 Å². The van der Waals surface area contributed by atoms with Crippen LogP contribution in [0.3, 0.4) is 0 Å². The molecule has 1 heterocycles. The zero-order valence-corrected chi connectivity index (χ0v) is 13.6. The number of nitrogens with one attached hydrogen (secondary N) is 2. The van der Waals surface area contributed by atoms with E-state index in [0.29, 0.717) is 21.0 Å². The summed E-state index contributed by atoms with van der Waals surface area (Å²) in [6.07, 6.45) is 1.66. The molecule has 0 fully saturated rings. The van der Waals surface area contributed by atoms with E-state index < -0.39 is 5.91 Å². The van der Waals surface area contributed by atoms with E-state index in [1.165, 1.54) is 0 Å². The summed E-state index contributed by atoms with van der Waals surface area (Å²) in [5.41, 5.74) is 0.409. The Labute approximate surface area is 134 Å². The van der Waals surface area contributed by atoms with Crippen LogP contribution in [0.2, 0.25) is 10.0 Å². The van der Waals surface area contributed by atoms with Crippen molar-refractivity contribution in [1.82, 2.24) is 15.2 Å². The number of aryl methyl sites for hydroxylation is 1. The van der Waals surface area contributed by atoms with Gasteiger partial charge in [0.25, 0.3) is 5.91 Å². The first-order valence-corrected chi connectivity index (χ1v) is 7.44. The van der Waals surface area contributed by atoms with Crippen LogP contribution in [0, 0.1) is 0 Å². The predicted octanol–water partition coefficient (Wildman–Crippen LogP) is 4.08. The van der Waals surface area contributed by atoms with Crippen molar-refractivity contribution >= 4 is 50.7 Å². The molecule has 1 aromatic heterocycles. The number of amides is 1. The average molecular weight is 378 g/mol. The monoisotopic (exact) mass is 376 g/mol. The average Bonchev–Trinajstić information content (AvgIpc) is 2.88.